The lowest BCUT2D eigenvalue weighted by atomic mass is 9.64. The van der Waals surface area contributed by atoms with Gasteiger partial charge in [0.15, 0.2) is 5.78 Å². The van der Waals surface area contributed by atoms with Crippen molar-refractivity contribution < 1.29 is 28.7 Å². The molecule has 0 saturated heterocycles. The van der Waals surface area contributed by atoms with E-state index in [0.29, 0.717) is 22.8 Å². The highest BCUT2D eigenvalue weighted by Gasteiger charge is 2.52. The third-order valence-corrected chi connectivity index (χ3v) is 5.12. The van der Waals surface area contributed by atoms with E-state index in [-0.39, 0.29) is 12.0 Å². The third-order valence-electron chi connectivity index (χ3n) is 4.77. The molecule has 0 heterocycles. The van der Waals surface area contributed by atoms with Crippen molar-refractivity contribution in [3.63, 3.8) is 0 Å². The lowest BCUT2D eigenvalue weighted by Gasteiger charge is -2.36. The SMILES string of the molecule is COC(=O)[C@@H]1C[C@H]2Cc3c(Cl)ccc(OC)c3C(=O)[C@H]2C(=O)C1=O. The summed E-state index contributed by atoms with van der Waals surface area (Å²) in [7, 11) is 2.58. The zero-order valence-corrected chi connectivity index (χ0v) is 13.9. The molecule has 2 aliphatic rings. The van der Waals surface area contributed by atoms with Gasteiger partial charge in [0.2, 0.25) is 11.6 Å². The molecule has 3 atom stereocenters. The monoisotopic (exact) mass is 350 g/mol. The van der Waals surface area contributed by atoms with Gasteiger partial charge in [-0.05, 0) is 36.5 Å². The topological polar surface area (TPSA) is 86.7 Å². The number of fused-ring (bicyclic) bond motifs is 2. The molecule has 0 amide bonds. The van der Waals surface area contributed by atoms with Crippen molar-refractivity contribution in [3.8, 4) is 5.75 Å². The third kappa shape index (κ3) is 2.33. The quantitative estimate of drug-likeness (QED) is 0.458. The maximum absolute atomic E-state index is 12.9. The van der Waals surface area contributed by atoms with Crippen LogP contribution < -0.4 is 4.74 Å². The standard InChI is InChI=1S/C17H15ClO6/c1-23-11-4-3-10(18)8-5-7-6-9(17(22)24-2)14(19)16(21)12(7)15(20)13(8)11/h3-4,7,9,12H,5-6H2,1-2H3/t7-,9-,12+/m1/s1. The molecule has 1 saturated carbocycles. The molecule has 2 aliphatic carbocycles. The van der Waals surface area contributed by atoms with Crippen LogP contribution in [-0.4, -0.2) is 37.5 Å². The Morgan fingerprint density at radius 2 is 1.83 bits per heavy atom. The number of carbonyl (C=O) groups excluding carboxylic acids is 4. The molecule has 6 nitrogen and oxygen atoms in total. The highest BCUT2D eigenvalue weighted by atomic mass is 35.5. The first-order chi connectivity index (χ1) is 11.4. The summed E-state index contributed by atoms with van der Waals surface area (Å²) >= 11 is 6.21. The number of rotatable bonds is 2. The number of carbonyl (C=O) groups is 4. The van der Waals surface area contributed by atoms with Gasteiger partial charge in [-0.3, -0.25) is 19.2 Å². The molecule has 0 bridgehead atoms. The fourth-order valence-electron chi connectivity index (χ4n) is 3.62. The van der Waals surface area contributed by atoms with E-state index in [1.165, 1.54) is 7.11 Å². The van der Waals surface area contributed by atoms with Crippen LogP contribution in [0, 0.1) is 17.8 Å². The van der Waals surface area contributed by atoms with Crippen LogP contribution in [0.5, 0.6) is 5.75 Å². The van der Waals surface area contributed by atoms with Crippen LogP contribution in [0.2, 0.25) is 5.02 Å². The lowest BCUT2D eigenvalue weighted by molar-refractivity contribution is -0.157. The molecule has 0 aromatic heterocycles. The maximum atomic E-state index is 12.9. The van der Waals surface area contributed by atoms with Gasteiger partial charge in [0.05, 0.1) is 25.7 Å². The van der Waals surface area contributed by atoms with Gasteiger partial charge >= 0.3 is 5.97 Å². The normalized spacial score (nSPS) is 25.8. The van der Waals surface area contributed by atoms with Gasteiger partial charge in [-0.2, -0.15) is 0 Å². The highest BCUT2D eigenvalue weighted by molar-refractivity contribution is 6.46. The summed E-state index contributed by atoms with van der Waals surface area (Å²) in [5.74, 6) is -5.28. The van der Waals surface area contributed by atoms with Crippen LogP contribution >= 0.6 is 11.6 Å². The molecular formula is C17H15ClO6. The number of esters is 1. The molecule has 3 rings (SSSR count). The van der Waals surface area contributed by atoms with Gasteiger partial charge in [-0.15, -0.1) is 0 Å². The zero-order valence-electron chi connectivity index (χ0n) is 13.1. The molecule has 1 aromatic carbocycles. The predicted octanol–water partition coefficient (Wildman–Crippen LogP) is 1.65. The van der Waals surface area contributed by atoms with Crippen molar-refractivity contribution in [1.82, 2.24) is 0 Å². The second-order valence-electron chi connectivity index (χ2n) is 5.95. The number of ketones is 3. The molecule has 1 aromatic rings. The Balaban J connectivity index is 2.08. The minimum absolute atomic E-state index is 0.0978. The van der Waals surface area contributed by atoms with E-state index in [2.05, 4.69) is 4.74 Å². The number of halogens is 1. The summed E-state index contributed by atoms with van der Waals surface area (Å²) in [6.07, 6.45) is 0.426. The summed E-state index contributed by atoms with van der Waals surface area (Å²) in [6.45, 7) is 0. The van der Waals surface area contributed by atoms with E-state index in [1.807, 2.05) is 0 Å². The lowest BCUT2D eigenvalue weighted by Crippen LogP contribution is -2.50. The summed E-state index contributed by atoms with van der Waals surface area (Å²) in [6, 6.07) is 3.19. The number of ether oxygens (including phenoxy) is 2. The highest BCUT2D eigenvalue weighted by Crippen LogP contribution is 2.44. The predicted molar refractivity (Wildman–Crippen MR) is 83.2 cm³/mol. The van der Waals surface area contributed by atoms with Crippen molar-refractivity contribution in [1.29, 1.82) is 0 Å². The van der Waals surface area contributed by atoms with Crippen LogP contribution in [0.4, 0.5) is 0 Å². The van der Waals surface area contributed by atoms with Gasteiger partial charge in [0.25, 0.3) is 0 Å². The minimum atomic E-state index is -1.15. The number of benzene rings is 1. The fraction of sp³-hybridized carbons (Fsp3) is 0.412. The van der Waals surface area contributed by atoms with E-state index in [4.69, 9.17) is 16.3 Å². The van der Waals surface area contributed by atoms with E-state index in [1.54, 1.807) is 12.1 Å². The Hall–Kier alpha value is -2.21. The van der Waals surface area contributed by atoms with Crippen molar-refractivity contribution in [2.24, 2.45) is 17.8 Å². The molecule has 0 unspecified atom stereocenters. The van der Waals surface area contributed by atoms with Crippen LogP contribution in [0.1, 0.15) is 22.3 Å². The number of hydrogen-bond donors (Lipinski definition) is 0. The molecule has 24 heavy (non-hydrogen) atoms. The summed E-state index contributed by atoms with van der Waals surface area (Å²) in [4.78, 5) is 49.3. The first kappa shape index (κ1) is 16.6. The van der Waals surface area contributed by atoms with Crippen LogP contribution in [0.25, 0.3) is 0 Å². The number of methoxy groups -OCH3 is 2. The first-order valence-corrected chi connectivity index (χ1v) is 7.84. The zero-order chi connectivity index (χ0) is 17.6. The second-order valence-corrected chi connectivity index (χ2v) is 6.36. The number of Topliss-reactive ketones (excluding diaryl/α,β-unsaturated/α-hetero) is 3. The van der Waals surface area contributed by atoms with Gasteiger partial charge < -0.3 is 9.47 Å². The molecule has 0 N–H and O–H groups in total. The smallest absolute Gasteiger partial charge is 0.316 e. The van der Waals surface area contributed by atoms with E-state index >= 15 is 0 Å². The Morgan fingerprint density at radius 1 is 1.12 bits per heavy atom. The van der Waals surface area contributed by atoms with Gasteiger partial charge in [0, 0.05) is 5.02 Å². The Labute approximate surface area is 143 Å². The molecule has 1 fully saturated rings. The minimum Gasteiger partial charge on any atom is -0.496 e. The number of hydrogen-bond acceptors (Lipinski definition) is 6. The molecular weight excluding hydrogens is 336 g/mol. The van der Waals surface area contributed by atoms with Crippen LogP contribution in [0.3, 0.4) is 0 Å². The fourth-order valence-corrected chi connectivity index (χ4v) is 3.86. The van der Waals surface area contributed by atoms with Crippen molar-refractivity contribution >= 4 is 34.9 Å². The Bertz CT molecular complexity index is 769. The van der Waals surface area contributed by atoms with Crippen molar-refractivity contribution in [3.05, 3.63) is 28.3 Å². The van der Waals surface area contributed by atoms with E-state index in [0.717, 1.165) is 7.11 Å². The van der Waals surface area contributed by atoms with Crippen molar-refractivity contribution in [2.45, 2.75) is 12.8 Å². The van der Waals surface area contributed by atoms with Gasteiger partial charge in [-0.1, -0.05) is 11.6 Å². The van der Waals surface area contributed by atoms with Crippen molar-refractivity contribution in [2.75, 3.05) is 14.2 Å². The van der Waals surface area contributed by atoms with Gasteiger partial charge in [0.1, 0.15) is 11.7 Å². The molecule has 0 spiro atoms. The largest absolute Gasteiger partial charge is 0.496 e. The first-order valence-electron chi connectivity index (χ1n) is 7.46. The van der Waals surface area contributed by atoms with Crippen LogP contribution in [-0.2, 0) is 25.5 Å². The van der Waals surface area contributed by atoms with Crippen LogP contribution in [0.15, 0.2) is 12.1 Å². The summed E-state index contributed by atoms with van der Waals surface area (Å²) < 4.78 is 9.81. The average Bonchev–Trinajstić information content (AvgIpc) is 2.58. The molecule has 0 radical (unpaired) electrons. The molecule has 7 heteroatoms. The van der Waals surface area contributed by atoms with Gasteiger partial charge in [-0.25, -0.2) is 0 Å². The average molecular weight is 351 g/mol. The Kier molecular flexibility index (Phi) is 4.17. The van der Waals surface area contributed by atoms with E-state index < -0.39 is 41.1 Å². The van der Waals surface area contributed by atoms with E-state index in [9.17, 15) is 19.2 Å². The maximum Gasteiger partial charge on any atom is 0.316 e. The second kappa shape index (κ2) is 6.02. The molecule has 0 aliphatic heterocycles. The summed E-state index contributed by atoms with van der Waals surface area (Å²) in [5, 5.41) is 0.400. The summed E-state index contributed by atoms with van der Waals surface area (Å²) in [5.41, 5.74) is 0.844. The molecule has 126 valence electrons. The Morgan fingerprint density at radius 3 is 2.46 bits per heavy atom.